The highest BCUT2D eigenvalue weighted by Crippen LogP contribution is 2.32. The molecule has 18 heavy (non-hydrogen) atoms. The minimum Gasteiger partial charge on any atom is -0.0841 e. The van der Waals surface area contributed by atoms with Gasteiger partial charge in [-0.1, -0.05) is 78.4 Å². The minimum atomic E-state index is 1.08. The average molecular weight is 232 g/mol. The molecule has 3 rings (SSSR count). The maximum Gasteiger partial charge on any atom is -0.0113 e. The lowest BCUT2D eigenvalue weighted by molar-refractivity contribution is 1.19. The SMILES string of the molecule is C1=CCC(=C(c2ccccc2)c2ccccc2)C1. The fourth-order valence-electron chi connectivity index (χ4n) is 2.52. The third-order valence-corrected chi connectivity index (χ3v) is 3.37. The van der Waals surface area contributed by atoms with Gasteiger partial charge in [-0.15, -0.1) is 0 Å². The zero-order valence-corrected chi connectivity index (χ0v) is 10.3. The quantitative estimate of drug-likeness (QED) is 0.650. The molecular formula is C18H16. The monoisotopic (exact) mass is 232 g/mol. The van der Waals surface area contributed by atoms with E-state index in [0.29, 0.717) is 0 Å². The second-order valence-electron chi connectivity index (χ2n) is 4.59. The van der Waals surface area contributed by atoms with Crippen molar-refractivity contribution in [3.05, 3.63) is 89.5 Å². The summed E-state index contributed by atoms with van der Waals surface area (Å²) in [6.45, 7) is 0. The van der Waals surface area contributed by atoms with E-state index in [1.54, 1.807) is 0 Å². The van der Waals surface area contributed by atoms with Crippen LogP contribution in [-0.2, 0) is 0 Å². The first-order valence-corrected chi connectivity index (χ1v) is 6.43. The van der Waals surface area contributed by atoms with E-state index in [1.807, 2.05) is 0 Å². The van der Waals surface area contributed by atoms with Crippen LogP contribution in [0.5, 0.6) is 0 Å². The number of rotatable bonds is 2. The number of hydrogen-bond acceptors (Lipinski definition) is 0. The van der Waals surface area contributed by atoms with Gasteiger partial charge in [0.1, 0.15) is 0 Å². The molecular weight excluding hydrogens is 216 g/mol. The Bertz CT molecular complexity index is 522. The van der Waals surface area contributed by atoms with E-state index in [1.165, 1.54) is 22.3 Å². The molecule has 0 aliphatic heterocycles. The lowest BCUT2D eigenvalue weighted by Gasteiger charge is -2.12. The Balaban J connectivity index is 2.14. The number of allylic oxidation sites excluding steroid dienone is 3. The molecule has 0 saturated carbocycles. The van der Waals surface area contributed by atoms with Gasteiger partial charge in [-0.05, 0) is 29.5 Å². The zero-order valence-electron chi connectivity index (χ0n) is 10.3. The highest BCUT2D eigenvalue weighted by Gasteiger charge is 2.12. The molecule has 0 heteroatoms. The number of benzene rings is 2. The van der Waals surface area contributed by atoms with Gasteiger partial charge < -0.3 is 0 Å². The van der Waals surface area contributed by atoms with E-state index in [-0.39, 0.29) is 0 Å². The third-order valence-electron chi connectivity index (χ3n) is 3.37. The van der Waals surface area contributed by atoms with Gasteiger partial charge in [0.15, 0.2) is 0 Å². The van der Waals surface area contributed by atoms with E-state index in [2.05, 4.69) is 72.8 Å². The average Bonchev–Trinajstić information content (AvgIpc) is 2.95. The Kier molecular flexibility index (Phi) is 3.10. The summed E-state index contributed by atoms with van der Waals surface area (Å²) < 4.78 is 0. The molecule has 0 bridgehead atoms. The Hall–Kier alpha value is -2.08. The van der Waals surface area contributed by atoms with Gasteiger partial charge in [0.2, 0.25) is 0 Å². The smallest absolute Gasteiger partial charge is 0.0113 e. The van der Waals surface area contributed by atoms with Crippen molar-refractivity contribution in [2.75, 3.05) is 0 Å². The van der Waals surface area contributed by atoms with Crippen LogP contribution in [0.3, 0.4) is 0 Å². The molecule has 0 saturated heterocycles. The van der Waals surface area contributed by atoms with E-state index in [4.69, 9.17) is 0 Å². The normalized spacial score (nSPS) is 13.9. The van der Waals surface area contributed by atoms with E-state index in [0.717, 1.165) is 12.8 Å². The molecule has 0 radical (unpaired) electrons. The molecule has 0 heterocycles. The van der Waals surface area contributed by atoms with Gasteiger partial charge in [-0.25, -0.2) is 0 Å². The Morgan fingerprint density at radius 3 is 1.50 bits per heavy atom. The van der Waals surface area contributed by atoms with Crippen molar-refractivity contribution in [2.24, 2.45) is 0 Å². The first-order valence-electron chi connectivity index (χ1n) is 6.43. The first kappa shape index (κ1) is 11.0. The van der Waals surface area contributed by atoms with Crippen molar-refractivity contribution in [1.29, 1.82) is 0 Å². The van der Waals surface area contributed by atoms with Crippen molar-refractivity contribution in [3.8, 4) is 0 Å². The Morgan fingerprint density at radius 2 is 1.06 bits per heavy atom. The van der Waals surface area contributed by atoms with Gasteiger partial charge in [-0.3, -0.25) is 0 Å². The summed E-state index contributed by atoms with van der Waals surface area (Å²) in [5.41, 5.74) is 5.57. The molecule has 2 aromatic carbocycles. The molecule has 0 aromatic heterocycles. The van der Waals surface area contributed by atoms with Crippen molar-refractivity contribution in [2.45, 2.75) is 12.8 Å². The van der Waals surface area contributed by atoms with Gasteiger partial charge >= 0.3 is 0 Å². The molecule has 2 aromatic rings. The fraction of sp³-hybridized carbons (Fsp3) is 0.111. The molecule has 0 atom stereocenters. The van der Waals surface area contributed by atoms with Crippen LogP contribution >= 0.6 is 0 Å². The summed E-state index contributed by atoms with van der Waals surface area (Å²) in [5.74, 6) is 0. The molecule has 88 valence electrons. The van der Waals surface area contributed by atoms with Gasteiger partial charge in [-0.2, -0.15) is 0 Å². The van der Waals surface area contributed by atoms with Crippen LogP contribution in [0, 0.1) is 0 Å². The lowest BCUT2D eigenvalue weighted by Crippen LogP contribution is -1.92. The molecule has 1 aliphatic rings. The molecule has 0 amide bonds. The maximum atomic E-state index is 2.27. The highest BCUT2D eigenvalue weighted by molar-refractivity contribution is 5.82. The van der Waals surface area contributed by atoms with Gasteiger partial charge in [0, 0.05) is 0 Å². The lowest BCUT2D eigenvalue weighted by atomic mass is 9.92. The van der Waals surface area contributed by atoms with Crippen LogP contribution in [0.1, 0.15) is 24.0 Å². The highest BCUT2D eigenvalue weighted by atomic mass is 14.2. The summed E-state index contributed by atoms with van der Waals surface area (Å²) in [4.78, 5) is 0. The summed E-state index contributed by atoms with van der Waals surface area (Å²) in [7, 11) is 0. The molecule has 0 nitrogen and oxygen atoms in total. The van der Waals surface area contributed by atoms with E-state index >= 15 is 0 Å². The van der Waals surface area contributed by atoms with Crippen LogP contribution in [0.25, 0.3) is 5.57 Å². The molecule has 0 unspecified atom stereocenters. The zero-order chi connectivity index (χ0) is 12.2. The van der Waals surface area contributed by atoms with E-state index in [9.17, 15) is 0 Å². The second kappa shape index (κ2) is 5.05. The fourth-order valence-corrected chi connectivity index (χ4v) is 2.52. The Labute approximate surface area is 108 Å². The molecule has 0 N–H and O–H groups in total. The second-order valence-corrected chi connectivity index (χ2v) is 4.59. The van der Waals surface area contributed by atoms with Crippen LogP contribution in [0.2, 0.25) is 0 Å². The van der Waals surface area contributed by atoms with Crippen LogP contribution < -0.4 is 0 Å². The van der Waals surface area contributed by atoms with Crippen LogP contribution in [0.4, 0.5) is 0 Å². The standard InChI is InChI=1S/C18H16/c1-3-9-15(10-4-1)18(17-13-7-8-14-17)16-11-5-2-6-12-16/h1-12H,13-14H2. The van der Waals surface area contributed by atoms with Crippen LogP contribution in [0.15, 0.2) is 78.4 Å². The van der Waals surface area contributed by atoms with E-state index < -0.39 is 0 Å². The number of hydrogen-bond donors (Lipinski definition) is 0. The molecule has 0 fully saturated rings. The van der Waals surface area contributed by atoms with Gasteiger partial charge in [0.05, 0.1) is 0 Å². The maximum absolute atomic E-state index is 2.27. The van der Waals surface area contributed by atoms with Gasteiger partial charge in [0.25, 0.3) is 0 Å². The predicted octanol–water partition coefficient (Wildman–Crippen LogP) is 4.84. The summed E-state index contributed by atoms with van der Waals surface area (Å²) in [6.07, 6.45) is 6.70. The predicted molar refractivity (Wildman–Crippen MR) is 77.3 cm³/mol. The van der Waals surface area contributed by atoms with Crippen molar-refractivity contribution < 1.29 is 0 Å². The van der Waals surface area contributed by atoms with Crippen molar-refractivity contribution >= 4 is 5.57 Å². The molecule has 0 spiro atoms. The summed E-state index contributed by atoms with van der Waals surface area (Å²) in [5, 5.41) is 0. The minimum absolute atomic E-state index is 1.08. The molecule has 1 aliphatic carbocycles. The summed E-state index contributed by atoms with van der Waals surface area (Å²) >= 11 is 0. The van der Waals surface area contributed by atoms with Crippen molar-refractivity contribution in [3.63, 3.8) is 0 Å². The topological polar surface area (TPSA) is 0 Å². The summed E-state index contributed by atoms with van der Waals surface area (Å²) in [6, 6.07) is 21.4. The van der Waals surface area contributed by atoms with Crippen LogP contribution in [-0.4, -0.2) is 0 Å². The van der Waals surface area contributed by atoms with Crippen molar-refractivity contribution in [1.82, 2.24) is 0 Å². The Morgan fingerprint density at radius 1 is 0.611 bits per heavy atom. The third kappa shape index (κ3) is 2.14. The largest absolute Gasteiger partial charge is 0.0841 e. The first-order chi connectivity index (χ1) is 8.95.